The van der Waals surface area contributed by atoms with Crippen LogP contribution in [-0.4, -0.2) is 42.3 Å². The van der Waals surface area contributed by atoms with E-state index in [1.165, 1.54) is 11.8 Å². The molecule has 5 nitrogen and oxygen atoms in total. The maximum Gasteiger partial charge on any atom is 0.247 e. The Balaban J connectivity index is 2.01. The maximum absolute atomic E-state index is 11.9. The predicted molar refractivity (Wildman–Crippen MR) is 93.2 cm³/mol. The first kappa shape index (κ1) is 16.0. The smallest absolute Gasteiger partial charge is 0.247 e. The van der Waals surface area contributed by atoms with Gasteiger partial charge in [0.25, 0.3) is 0 Å². The number of hydrogen-bond donors (Lipinski definition) is 0. The molecular formula is C14H15BrN2O3S2. The molecule has 0 N–H and O–H groups in total. The Labute approximate surface area is 142 Å². The molecule has 2 aliphatic heterocycles. The Bertz CT molecular complexity index is 731. The summed E-state index contributed by atoms with van der Waals surface area (Å²) in [6.45, 7) is 1.77. The second-order valence-electron chi connectivity index (χ2n) is 5.29. The fourth-order valence-electron chi connectivity index (χ4n) is 2.65. The van der Waals surface area contributed by atoms with Crippen LogP contribution < -0.4 is 4.90 Å². The molecule has 0 spiro atoms. The number of carbonyl (C=O) groups is 1. The number of anilines is 1. The average molecular weight is 403 g/mol. The van der Waals surface area contributed by atoms with Gasteiger partial charge in [0.1, 0.15) is 0 Å². The number of amidine groups is 1. The summed E-state index contributed by atoms with van der Waals surface area (Å²) in [6.07, 6.45) is 0.339. The van der Waals surface area contributed by atoms with Gasteiger partial charge in [-0.05, 0) is 24.3 Å². The molecule has 1 aromatic rings. The van der Waals surface area contributed by atoms with Crippen molar-refractivity contribution < 1.29 is 13.2 Å². The molecule has 3 rings (SSSR count). The molecule has 1 aromatic carbocycles. The standard InChI is InChI=1S/C14H15BrN2O3S2/c1-2-13(18)16-14-17(10-5-3-9(15)4-6-10)11-7-22(19,20)8-12(11)21-14/h3-6,11-12H,2,7-8H2,1H3/t11-,12+/m1/s1. The number of benzene rings is 1. The number of hydrogen-bond acceptors (Lipinski definition) is 4. The lowest BCUT2D eigenvalue weighted by molar-refractivity contribution is -0.117. The molecule has 22 heavy (non-hydrogen) atoms. The third-order valence-electron chi connectivity index (χ3n) is 3.69. The molecular weight excluding hydrogens is 388 g/mol. The summed E-state index contributed by atoms with van der Waals surface area (Å²) < 4.78 is 24.8. The summed E-state index contributed by atoms with van der Waals surface area (Å²) in [5.74, 6) is 0.0711. The number of halogens is 1. The van der Waals surface area contributed by atoms with E-state index >= 15 is 0 Å². The second kappa shape index (κ2) is 5.98. The summed E-state index contributed by atoms with van der Waals surface area (Å²) >= 11 is 4.79. The number of sulfone groups is 1. The minimum absolute atomic E-state index is 0.0583. The molecule has 0 aliphatic carbocycles. The molecule has 2 fully saturated rings. The van der Waals surface area contributed by atoms with Crippen LogP contribution in [0.25, 0.3) is 0 Å². The molecule has 2 heterocycles. The topological polar surface area (TPSA) is 66.8 Å². The molecule has 0 radical (unpaired) electrons. The van der Waals surface area contributed by atoms with Crippen LogP contribution in [0, 0.1) is 0 Å². The minimum Gasteiger partial charge on any atom is -0.316 e. The van der Waals surface area contributed by atoms with Crippen molar-refractivity contribution in [3.05, 3.63) is 28.7 Å². The van der Waals surface area contributed by atoms with Crippen LogP contribution in [0.15, 0.2) is 33.7 Å². The third-order valence-corrected chi connectivity index (χ3v) is 7.43. The fraction of sp³-hybridized carbons (Fsp3) is 0.429. The molecule has 8 heteroatoms. The largest absolute Gasteiger partial charge is 0.316 e. The van der Waals surface area contributed by atoms with E-state index in [0.29, 0.717) is 11.6 Å². The van der Waals surface area contributed by atoms with Crippen LogP contribution in [0.5, 0.6) is 0 Å². The molecule has 1 amide bonds. The number of thioether (sulfide) groups is 1. The summed E-state index contributed by atoms with van der Waals surface area (Å²) in [5, 5.41) is 0.552. The Kier molecular flexibility index (Phi) is 4.35. The zero-order valence-corrected chi connectivity index (χ0v) is 15.1. The summed E-state index contributed by atoms with van der Waals surface area (Å²) in [7, 11) is -3.02. The zero-order valence-electron chi connectivity index (χ0n) is 11.9. The second-order valence-corrected chi connectivity index (χ2v) is 9.56. The van der Waals surface area contributed by atoms with Crippen molar-refractivity contribution in [2.45, 2.75) is 24.6 Å². The normalized spacial score (nSPS) is 28.1. The van der Waals surface area contributed by atoms with E-state index in [-0.39, 0.29) is 28.7 Å². The lowest BCUT2D eigenvalue weighted by atomic mass is 10.2. The fourth-order valence-corrected chi connectivity index (χ4v) is 6.85. The van der Waals surface area contributed by atoms with Gasteiger partial charge in [-0.15, -0.1) is 0 Å². The Morgan fingerprint density at radius 3 is 2.68 bits per heavy atom. The van der Waals surface area contributed by atoms with Crippen molar-refractivity contribution in [2.24, 2.45) is 4.99 Å². The van der Waals surface area contributed by atoms with Gasteiger partial charge in [0, 0.05) is 21.8 Å². The monoisotopic (exact) mass is 402 g/mol. The molecule has 2 aliphatic rings. The van der Waals surface area contributed by atoms with E-state index < -0.39 is 9.84 Å². The summed E-state index contributed by atoms with van der Waals surface area (Å²) in [5.41, 5.74) is 0.864. The minimum atomic E-state index is -3.02. The van der Waals surface area contributed by atoms with Gasteiger partial charge in [0.05, 0.1) is 17.5 Å². The van der Waals surface area contributed by atoms with Crippen molar-refractivity contribution >= 4 is 54.3 Å². The highest BCUT2D eigenvalue weighted by Gasteiger charge is 2.49. The van der Waals surface area contributed by atoms with Crippen LogP contribution in [0.3, 0.4) is 0 Å². The highest BCUT2D eigenvalue weighted by atomic mass is 79.9. The molecule has 0 saturated carbocycles. The van der Waals surface area contributed by atoms with E-state index in [2.05, 4.69) is 20.9 Å². The van der Waals surface area contributed by atoms with Gasteiger partial charge in [-0.3, -0.25) is 4.79 Å². The van der Waals surface area contributed by atoms with Crippen molar-refractivity contribution in [1.82, 2.24) is 0 Å². The highest BCUT2D eigenvalue weighted by Crippen LogP contribution is 2.41. The van der Waals surface area contributed by atoms with Crippen molar-refractivity contribution in [2.75, 3.05) is 16.4 Å². The number of fused-ring (bicyclic) bond motifs is 1. The molecule has 118 valence electrons. The number of nitrogens with zero attached hydrogens (tertiary/aromatic N) is 2. The Morgan fingerprint density at radius 2 is 2.05 bits per heavy atom. The first-order valence-corrected chi connectivity index (χ1v) is 10.4. The first-order valence-electron chi connectivity index (χ1n) is 6.93. The van der Waals surface area contributed by atoms with Crippen LogP contribution in [0.1, 0.15) is 13.3 Å². The van der Waals surface area contributed by atoms with Crippen LogP contribution in [0.4, 0.5) is 5.69 Å². The molecule has 0 bridgehead atoms. The Morgan fingerprint density at radius 1 is 1.36 bits per heavy atom. The van der Waals surface area contributed by atoms with Gasteiger partial charge in [-0.25, -0.2) is 8.42 Å². The van der Waals surface area contributed by atoms with Gasteiger partial charge < -0.3 is 4.90 Å². The van der Waals surface area contributed by atoms with Gasteiger partial charge in [-0.1, -0.05) is 34.6 Å². The van der Waals surface area contributed by atoms with Crippen LogP contribution in [-0.2, 0) is 14.6 Å². The first-order chi connectivity index (χ1) is 10.4. The number of rotatable bonds is 2. The Hall–Kier alpha value is -0.860. The van der Waals surface area contributed by atoms with Crippen LogP contribution >= 0.6 is 27.7 Å². The van der Waals surface area contributed by atoms with Crippen molar-refractivity contribution in [1.29, 1.82) is 0 Å². The van der Waals surface area contributed by atoms with Crippen molar-refractivity contribution in [3.63, 3.8) is 0 Å². The molecule has 2 saturated heterocycles. The molecule has 0 unspecified atom stereocenters. The van der Waals surface area contributed by atoms with E-state index in [0.717, 1.165) is 10.2 Å². The lowest BCUT2D eigenvalue weighted by Gasteiger charge is -2.24. The van der Waals surface area contributed by atoms with E-state index in [1.807, 2.05) is 29.2 Å². The number of amides is 1. The van der Waals surface area contributed by atoms with E-state index in [1.54, 1.807) is 6.92 Å². The summed E-state index contributed by atoms with van der Waals surface area (Å²) in [6, 6.07) is 7.46. The number of aliphatic imine (C=N–C) groups is 1. The van der Waals surface area contributed by atoms with Crippen molar-refractivity contribution in [3.8, 4) is 0 Å². The SMILES string of the molecule is CCC(=O)N=C1S[C@H]2CS(=O)(=O)C[C@H]2N1c1ccc(Br)cc1. The quantitative estimate of drug-likeness (QED) is 0.759. The highest BCUT2D eigenvalue weighted by molar-refractivity contribution is 9.10. The predicted octanol–water partition coefficient (Wildman–Crippen LogP) is 2.46. The zero-order chi connectivity index (χ0) is 15.9. The molecule has 0 aromatic heterocycles. The number of carbonyl (C=O) groups excluding carboxylic acids is 1. The van der Waals surface area contributed by atoms with Gasteiger partial charge in [0.2, 0.25) is 5.91 Å². The van der Waals surface area contributed by atoms with E-state index in [9.17, 15) is 13.2 Å². The van der Waals surface area contributed by atoms with Gasteiger partial charge >= 0.3 is 0 Å². The average Bonchev–Trinajstić information content (AvgIpc) is 2.91. The van der Waals surface area contributed by atoms with Crippen LogP contribution in [0.2, 0.25) is 0 Å². The van der Waals surface area contributed by atoms with E-state index in [4.69, 9.17) is 0 Å². The maximum atomic E-state index is 11.9. The third kappa shape index (κ3) is 3.09. The van der Waals surface area contributed by atoms with Gasteiger partial charge in [0.15, 0.2) is 15.0 Å². The van der Waals surface area contributed by atoms with Gasteiger partial charge in [-0.2, -0.15) is 4.99 Å². The summed E-state index contributed by atoms with van der Waals surface area (Å²) in [4.78, 5) is 17.8. The molecule has 2 atom stereocenters. The lowest BCUT2D eigenvalue weighted by Crippen LogP contribution is -2.37.